The van der Waals surface area contributed by atoms with Crippen molar-refractivity contribution >= 4 is 5.91 Å². The second-order valence-corrected chi connectivity index (χ2v) is 6.24. The third-order valence-electron chi connectivity index (χ3n) is 4.20. The minimum atomic E-state index is -0.126. The lowest BCUT2D eigenvalue weighted by Gasteiger charge is -2.33. The molecule has 6 nitrogen and oxygen atoms in total. The molecule has 2 N–H and O–H groups in total. The number of benzene rings is 1. The fraction of sp³-hybridized carbons (Fsp3) is 0.389. The Labute approximate surface area is 141 Å². The van der Waals surface area contributed by atoms with Crippen molar-refractivity contribution in [3.63, 3.8) is 0 Å². The van der Waals surface area contributed by atoms with Gasteiger partial charge in [0.05, 0.1) is 5.56 Å². The molecule has 126 valence electrons. The number of amides is 1. The molecule has 0 saturated carbocycles. The SMILES string of the molecule is Cc1ncc(C(=O)NC2CCCN(Cc3cccc(O)c3)C2)cn1. The molecule has 1 aromatic heterocycles. The summed E-state index contributed by atoms with van der Waals surface area (Å²) in [5, 5.41) is 12.6. The van der Waals surface area contributed by atoms with Crippen molar-refractivity contribution in [2.75, 3.05) is 13.1 Å². The van der Waals surface area contributed by atoms with Gasteiger partial charge in [-0.1, -0.05) is 12.1 Å². The van der Waals surface area contributed by atoms with Crippen molar-refractivity contribution < 1.29 is 9.90 Å². The fourth-order valence-electron chi connectivity index (χ4n) is 3.01. The number of aryl methyl sites for hydroxylation is 1. The van der Waals surface area contributed by atoms with Gasteiger partial charge in [-0.25, -0.2) is 9.97 Å². The predicted molar refractivity (Wildman–Crippen MR) is 90.6 cm³/mol. The highest BCUT2D eigenvalue weighted by molar-refractivity contribution is 5.93. The van der Waals surface area contributed by atoms with Crippen molar-refractivity contribution in [1.29, 1.82) is 0 Å². The van der Waals surface area contributed by atoms with E-state index in [1.165, 1.54) is 0 Å². The zero-order valence-electron chi connectivity index (χ0n) is 13.8. The van der Waals surface area contributed by atoms with E-state index in [2.05, 4.69) is 20.2 Å². The Kier molecular flexibility index (Phi) is 5.05. The third-order valence-corrected chi connectivity index (χ3v) is 4.20. The normalized spacial score (nSPS) is 18.3. The van der Waals surface area contributed by atoms with Crippen molar-refractivity contribution in [1.82, 2.24) is 20.2 Å². The van der Waals surface area contributed by atoms with Crippen LogP contribution in [0.25, 0.3) is 0 Å². The minimum absolute atomic E-state index is 0.116. The molecule has 1 fully saturated rings. The fourth-order valence-corrected chi connectivity index (χ4v) is 3.01. The number of aromatic nitrogens is 2. The highest BCUT2D eigenvalue weighted by Gasteiger charge is 2.22. The van der Waals surface area contributed by atoms with Gasteiger partial charge in [0.2, 0.25) is 0 Å². The molecular formula is C18H22N4O2. The van der Waals surface area contributed by atoms with Crippen LogP contribution in [0.5, 0.6) is 5.75 Å². The number of likely N-dealkylation sites (tertiary alicyclic amines) is 1. The average molecular weight is 326 g/mol. The summed E-state index contributed by atoms with van der Waals surface area (Å²) in [5.74, 6) is 0.814. The monoisotopic (exact) mass is 326 g/mol. The third kappa shape index (κ3) is 4.29. The molecule has 1 saturated heterocycles. The molecule has 24 heavy (non-hydrogen) atoms. The van der Waals surface area contributed by atoms with Gasteiger partial charge in [0, 0.05) is 31.5 Å². The summed E-state index contributed by atoms with van der Waals surface area (Å²) >= 11 is 0. The average Bonchev–Trinajstić information content (AvgIpc) is 2.56. The number of hydrogen-bond donors (Lipinski definition) is 2. The standard InChI is InChI=1S/C18H22N4O2/c1-13-19-9-15(10-20-13)18(24)21-16-5-3-7-22(12-16)11-14-4-2-6-17(23)8-14/h2,4,6,8-10,16,23H,3,5,7,11-12H2,1H3,(H,21,24). The maximum absolute atomic E-state index is 12.3. The van der Waals surface area contributed by atoms with Gasteiger partial charge in [0.25, 0.3) is 5.91 Å². The number of rotatable bonds is 4. The molecule has 1 atom stereocenters. The van der Waals surface area contributed by atoms with Crippen LogP contribution >= 0.6 is 0 Å². The second kappa shape index (κ2) is 7.40. The summed E-state index contributed by atoms with van der Waals surface area (Å²) in [5.41, 5.74) is 1.57. The maximum Gasteiger partial charge on any atom is 0.254 e. The number of carbonyl (C=O) groups excluding carboxylic acids is 1. The quantitative estimate of drug-likeness (QED) is 0.897. The Hall–Kier alpha value is -2.47. The zero-order chi connectivity index (χ0) is 16.9. The highest BCUT2D eigenvalue weighted by atomic mass is 16.3. The van der Waals surface area contributed by atoms with E-state index in [-0.39, 0.29) is 17.7 Å². The van der Waals surface area contributed by atoms with Gasteiger partial charge in [-0.15, -0.1) is 0 Å². The van der Waals surface area contributed by atoms with E-state index in [4.69, 9.17) is 0 Å². The van der Waals surface area contributed by atoms with Gasteiger partial charge >= 0.3 is 0 Å². The molecule has 1 unspecified atom stereocenters. The number of aromatic hydroxyl groups is 1. The van der Waals surface area contributed by atoms with Crippen LogP contribution in [0.15, 0.2) is 36.7 Å². The summed E-state index contributed by atoms with van der Waals surface area (Å²) in [6, 6.07) is 7.43. The Bertz CT molecular complexity index is 702. The van der Waals surface area contributed by atoms with Gasteiger partial charge in [-0.2, -0.15) is 0 Å². The largest absolute Gasteiger partial charge is 0.508 e. The molecule has 2 aromatic rings. The lowest BCUT2D eigenvalue weighted by atomic mass is 10.0. The molecule has 0 radical (unpaired) electrons. The maximum atomic E-state index is 12.3. The van der Waals surface area contributed by atoms with Crippen LogP contribution in [-0.2, 0) is 6.54 Å². The first-order valence-corrected chi connectivity index (χ1v) is 8.20. The number of nitrogens with one attached hydrogen (secondary N) is 1. The summed E-state index contributed by atoms with van der Waals surface area (Å²) in [6.07, 6.45) is 5.12. The van der Waals surface area contributed by atoms with Crippen LogP contribution in [0, 0.1) is 6.92 Å². The Morgan fingerprint density at radius 3 is 2.92 bits per heavy atom. The van der Waals surface area contributed by atoms with Gasteiger partial charge in [-0.05, 0) is 44.0 Å². The van der Waals surface area contributed by atoms with E-state index in [0.29, 0.717) is 11.4 Å². The molecule has 0 spiro atoms. The summed E-state index contributed by atoms with van der Waals surface area (Å²) in [7, 11) is 0. The number of nitrogens with zero attached hydrogens (tertiary/aromatic N) is 3. The van der Waals surface area contributed by atoms with E-state index in [0.717, 1.165) is 38.0 Å². The van der Waals surface area contributed by atoms with Crippen LogP contribution in [-0.4, -0.2) is 45.0 Å². The van der Waals surface area contributed by atoms with E-state index in [1.807, 2.05) is 12.1 Å². The van der Waals surface area contributed by atoms with Crippen molar-refractivity contribution in [3.05, 3.63) is 53.6 Å². The molecule has 1 aliphatic rings. The smallest absolute Gasteiger partial charge is 0.254 e. The first-order chi connectivity index (χ1) is 11.6. The Morgan fingerprint density at radius 1 is 1.38 bits per heavy atom. The summed E-state index contributed by atoms with van der Waals surface area (Å²) in [4.78, 5) is 22.7. The molecule has 2 heterocycles. The van der Waals surface area contributed by atoms with Gasteiger partial charge in [0.15, 0.2) is 0 Å². The number of carbonyl (C=O) groups is 1. The number of phenolic OH excluding ortho intramolecular Hbond substituents is 1. The van der Waals surface area contributed by atoms with Crippen molar-refractivity contribution in [2.45, 2.75) is 32.4 Å². The topological polar surface area (TPSA) is 78.4 Å². The van der Waals surface area contributed by atoms with Crippen LogP contribution in [0.3, 0.4) is 0 Å². The summed E-state index contributed by atoms with van der Waals surface area (Å²) < 4.78 is 0. The molecule has 1 aromatic carbocycles. The van der Waals surface area contributed by atoms with E-state index >= 15 is 0 Å². The van der Waals surface area contributed by atoms with Crippen molar-refractivity contribution in [3.8, 4) is 5.75 Å². The second-order valence-electron chi connectivity index (χ2n) is 6.24. The molecule has 3 rings (SSSR count). The van der Waals surface area contributed by atoms with Crippen LogP contribution in [0.1, 0.15) is 34.6 Å². The molecule has 0 bridgehead atoms. The lowest BCUT2D eigenvalue weighted by Crippen LogP contribution is -2.47. The minimum Gasteiger partial charge on any atom is -0.508 e. The first kappa shape index (κ1) is 16.4. The lowest BCUT2D eigenvalue weighted by molar-refractivity contribution is 0.0900. The van der Waals surface area contributed by atoms with Gasteiger partial charge in [-0.3, -0.25) is 9.69 Å². The number of phenols is 1. The predicted octanol–water partition coefficient (Wildman–Crippen LogP) is 1.89. The summed E-state index contributed by atoms with van der Waals surface area (Å²) in [6.45, 7) is 4.36. The Balaban J connectivity index is 1.57. The van der Waals surface area contributed by atoms with Gasteiger partial charge in [0.1, 0.15) is 11.6 Å². The first-order valence-electron chi connectivity index (χ1n) is 8.20. The molecule has 6 heteroatoms. The molecule has 1 amide bonds. The van der Waals surface area contributed by atoms with Crippen LogP contribution in [0.2, 0.25) is 0 Å². The number of hydrogen-bond acceptors (Lipinski definition) is 5. The molecular weight excluding hydrogens is 304 g/mol. The highest BCUT2D eigenvalue weighted by Crippen LogP contribution is 2.17. The number of piperidine rings is 1. The zero-order valence-corrected chi connectivity index (χ0v) is 13.8. The van der Waals surface area contributed by atoms with Crippen LogP contribution < -0.4 is 5.32 Å². The molecule has 0 aliphatic carbocycles. The van der Waals surface area contributed by atoms with Crippen molar-refractivity contribution in [2.24, 2.45) is 0 Å². The molecule has 1 aliphatic heterocycles. The van der Waals surface area contributed by atoms with Crippen LogP contribution in [0.4, 0.5) is 0 Å². The van der Waals surface area contributed by atoms with E-state index < -0.39 is 0 Å². The van der Waals surface area contributed by atoms with E-state index in [1.54, 1.807) is 31.5 Å². The van der Waals surface area contributed by atoms with Gasteiger partial charge < -0.3 is 10.4 Å². The Morgan fingerprint density at radius 2 is 2.17 bits per heavy atom. The van der Waals surface area contributed by atoms with E-state index in [9.17, 15) is 9.90 Å².